The van der Waals surface area contributed by atoms with E-state index in [4.69, 9.17) is 11.5 Å². The molecule has 1 aromatic heterocycles. The van der Waals surface area contributed by atoms with Crippen molar-refractivity contribution in [3.63, 3.8) is 0 Å². The lowest BCUT2D eigenvalue weighted by Crippen LogP contribution is -2.24. The summed E-state index contributed by atoms with van der Waals surface area (Å²) >= 11 is 0. The molecule has 0 aliphatic carbocycles. The zero-order valence-corrected chi connectivity index (χ0v) is 15.3. The van der Waals surface area contributed by atoms with Gasteiger partial charge in [0, 0.05) is 11.8 Å². The first-order chi connectivity index (χ1) is 13.1. The summed E-state index contributed by atoms with van der Waals surface area (Å²) in [6.45, 7) is 0. The van der Waals surface area contributed by atoms with Gasteiger partial charge in [0.1, 0.15) is 6.33 Å². The molecule has 2 aromatic carbocycles. The number of aliphatic imine (C=N–C) groups is 1. The zero-order valence-electron chi connectivity index (χ0n) is 14.5. The van der Waals surface area contributed by atoms with Crippen molar-refractivity contribution >= 4 is 32.7 Å². The molecule has 0 spiro atoms. The molecule has 0 saturated heterocycles. The van der Waals surface area contributed by atoms with Gasteiger partial charge in [0.2, 0.25) is 0 Å². The van der Waals surface area contributed by atoms with Crippen molar-refractivity contribution in [2.75, 3.05) is 6.26 Å². The molecule has 8 nitrogen and oxygen atoms in total. The molecule has 11 heteroatoms. The van der Waals surface area contributed by atoms with Crippen molar-refractivity contribution in [3.8, 4) is 5.69 Å². The molecule has 28 heavy (non-hydrogen) atoms. The number of amides is 1. The van der Waals surface area contributed by atoms with Crippen LogP contribution in [0.4, 0.5) is 8.78 Å². The van der Waals surface area contributed by atoms with E-state index < -0.39 is 39.3 Å². The monoisotopic (exact) mass is 407 g/mol. The van der Waals surface area contributed by atoms with Gasteiger partial charge >= 0.3 is 0 Å². The number of sulfone groups is 1. The van der Waals surface area contributed by atoms with E-state index in [1.165, 1.54) is 10.9 Å². The summed E-state index contributed by atoms with van der Waals surface area (Å²) in [6, 6.07) is 8.58. The molecule has 0 aliphatic rings. The first-order valence-corrected chi connectivity index (χ1v) is 9.71. The van der Waals surface area contributed by atoms with Crippen LogP contribution < -0.4 is 11.5 Å². The van der Waals surface area contributed by atoms with E-state index in [2.05, 4.69) is 9.98 Å². The molecule has 0 bridgehead atoms. The number of carbonyl (C=O) groups is 1. The fourth-order valence-corrected chi connectivity index (χ4v) is 3.63. The Balaban J connectivity index is 2.39. The van der Waals surface area contributed by atoms with Crippen molar-refractivity contribution in [3.05, 3.63) is 53.9 Å². The third kappa shape index (κ3) is 3.56. The number of hydrogen-bond acceptors (Lipinski definition) is 4. The lowest BCUT2D eigenvalue weighted by atomic mass is 10.1. The highest BCUT2D eigenvalue weighted by atomic mass is 32.2. The Bertz CT molecular complexity index is 1210. The number of halogens is 2. The van der Waals surface area contributed by atoms with Crippen LogP contribution in [0, 0.1) is 0 Å². The Morgan fingerprint density at radius 3 is 2.50 bits per heavy atom. The Morgan fingerprint density at radius 2 is 1.89 bits per heavy atom. The molecule has 1 heterocycles. The molecule has 0 atom stereocenters. The van der Waals surface area contributed by atoms with Gasteiger partial charge in [0.05, 0.1) is 27.2 Å². The largest absolute Gasteiger partial charge is 0.370 e. The van der Waals surface area contributed by atoms with Crippen molar-refractivity contribution < 1.29 is 22.0 Å². The smallest absolute Gasteiger partial charge is 0.280 e. The van der Waals surface area contributed by atoms with Gasteiger partial charge < -0.3 is 11.5 Å². The third-order valence-corrected chi connectivity index (χ3v) is 5.07. The van der Waals surface area contributed by atoms with Gasteiger partial charge in [-0.3, -0.25) is 9.36 Å². The number of fused-ring (bicyclic) bond motifs is 1. The molecule has 0 fully saturated rings. The van der Waals surface area contributed by atoms with Crippen LogP contribution >= 0.6 is 0 Å². The quantitative estimate of drug-likeness (QED) is 0.500. The van der Waals surface area contributed by atoms with E-state index in [-0.39, 0.29) is 10.6 Å². The molecule has 0 radical (unpaired) electrons. The summed E-state index contributed by atoms with van der Waals surface area (Å²) in [5.41, 5.74) is 9.97. The second-order valence-electron chi connectivity index (χ2n) is 5.93. The Labute approximate surface area is 158 Å². The maximum atomic E-state index is 13.7. The molecule has 1 amide bonds. The fraction of sp³-hybridized carbons (Fsp3) is 0.118. The van der Waals surface area contributed by atoms with Crippen LogP contribution in [0.1, 0.15) is 22.3 Å². The number of para-hydroxylation sites is 2. The van der Waals surface area contributed by atoms with Gasteiger partial charge in [-0.05, 0) is 24.3 Å². The summed E-state index contributed by atoms with van der Waals surface area (Å²) in [4.78, 5) is 19.2. The number of rotatable bonds is 4. The zero-order chi connectivity index (χ0) is 20.6. The van der Waals surface area contributed by atoms with Crippen LogP contribution in [0.15, 0.2) is 52.6 Å². The number of hydrogen-bond donors (Lipinski definition) is 2. The van der Waals surface area contributed by atoms with Gasteiger partial charge in [-0.2, -0.15) is 4.99 Å². The molecule has 0 unspecified atom stereocenters. The topological polar surface area (TPSA) is 133 Å². The maximum absolute atomic E-state index is 13.7. The summed E-state index contributed by atoms with van der Waals surface area (Å²) in [7, 11) is -3.91. The van der Waals surface area contributed by atoms with E-state index >= 15 is 0 Å². The highest BCUT2D eigenvalue weighted by Crippen LogP contribution is 2.32. The van der Waals surface area contributed by atoms with E-state index in [0.29, 0.717) is 11.0 Å². The summed E-state index contributed by atoms with van der Waals surface area (Å²) in [6.07, 6.45) is -0.848. The van der Waals surface area contributed by atoms with E-state index in [9.17, 15) is 22.0 Å². The third-order valence-electron chi connectivity index (χ3n) is 3.94. The van der Waals surface area contributed by atoms with Gasteiger partial charge in [-0.15, -0.1) is 0 Å². The standard InChI is InChI=1S/C17H15F2N5O3S/c1-28(26,27)14-7-10(16(25)23-17(20)21)9(15(18)19)6-13(14)24-8-22-11-4-2-3-5-12(11)24/h2-8,15H,1H3,(H4,20,21,23,25). The normalized spacial score (nSPS) is 11.7. The fourth-order valence-electron chi connectivity index (χ4n) is 2.76. The predicted octanol–water partition coefficient (Wildman–Crippen LogP) is 1.78. The SMILES string of the molecule is CS(=O)(=O)c1cc(C(=O)N=C(N)N)c(C(F)F)cc1-n1cnc2ccccc21. The van der Waals surface area contributed by atoms with Crippen LogP contribution in [0.3, 0.4) is 0 Å². The number of guanidine groups is 1. The van der Waals surface area contributed by atoms with Crippen LogP contribution in [0.5, 0.6) is 0 Å². The number of nitrogens with two attached hydrogens (primary N) is 2. The minimum atomic E-state index is -3.91. The van der Waals surface area contributed by atoms with E-state index in [0.717, 1.165) is 18.4 Å². The van der Waals surface area contributed by atoms with Crippen molar-refractivity contribution in [1.82, 2.24) is 9.55 Å². The lowest BCUT2D eigenvalue weighted by molar-refractivity contribution is 0.0988. The Morgan fingerprint density at radius 1 is 1.21 bits per heavy atom. The molecule has 0 aliphatic heterocycles. The summed E-state index contributed by atoms with van der Waals surface area (Å²) in [5, 5.41) is 0. The molecule has 3 rings (SSSR count). The first kappa shape index (κ1) is 19.4. The number of benzene rings is 2. The maximum Gasteiger partial charge on any atom is 0.280 e. The average Bonchev–Trinajstić information content (AvgIpc) is 3.03. The highest BCUT2D eigenvalue weighted by molar-refractivity contribution is 7.90. The Hall–Kier alpha value is -3.34. The first-order valence-electron chi connectivity index (χ1n) is 7.82. The molecule has 0 saturated carbocycles. The molecule has 3 aromatic rings. The second kappa shape index (κ2) is 7.00. The van der Waals surface area contributed by atoms with Crippen molar-refractivity contribution in [2.45, 2.75) is 11.3 Å². The minimum absolute atomic E-state index is 0.0623. The van der Waals surface area contributed by atoms with E-state index in [1.807, 2.05) is 0 Å². The molecular weight excluding hydrogens is 392 g/mol. The average molecular weight is 407 g/mol. The molecule has 4 N–H and O–H groups in total. The number of imidazole rings is 1. The summed E-state index contributed by atoms with van der Waals surface area (Å²) < 4.78 is 53.4. The number of aromatic nitrogens is 2. The van der Waals surface area contributed by atoms with Gasteiger partial charge in [0.15, 0.2) is 15.8 Å². The highest BCUT2D eigenvalue weighted by Gasteiger charge is 2.26. The van der Waals surface area contributed by atoms with E-state index in [1.54, 1.807) is 24.3 Å². The van der Waals surface area contributed by atoms with Gasteiger partial charge in [-0.25, -0.2) is 22.2 Å². The molecular formula is C17H15F2N5O3S. The van der Waals surface area contributed by atoms with Crippen molar-refractivity contribution in [1.29, 1.82) is 0 Å². The van der Waals surface area contributed by atoms with Crippen LogP contribution in [0.2, 0.25) is 0 Å². The van der Waals surface area contributed by atoms with Crippen molar-refractivity contribution in [2.24, 2.45) is 16.5 Å². The van der Waals surface area contributed by atoms with Crippen LogP contribution in [-0.2, 0) is 9.84 Å². The van der Waals surface area contributed by atoms with Crippen LogP contribution in [-0.4, -0.2) is 36.1 Å². The predicted molar refractivity (Wildman–Crippen MR) is 99.3 cm³/mol. The number of alkyl halides is 2. The Kier molecular flexibility index (Phi) is 4.86. The number of carbonyl (C=O) groups excluding carboxylic acids is 1. The second-order valence-corrected chi connectivity index (χ2v) is 7.91. The minimum Gasteiger partial charge on any atom is -0.370 e. The van der Waals surface area contributed by atoms with Gasteiger partial charge in [0.25, 0.3) is 12.3 Å². The molecule has 146 valence electrons. The summed E-state index contributed by atoms with van der Waals surface area (Å²) in [5.74, 6) is -1.79. The number of nitrogens with zero attached hydrogens (tertiary/aromatic N) is 3. The lowest BCUT2D eigenvalue weighted by Gasteiger charge is -2.15. The van der Waals surface area contributed by atoms with Gasteiger partial charge in [-0.1, -0.05) is 12.1 Å². The van der Waals surface area contributed by atoms with Crippen LogP contribution in [0.25, 0.3) is 16.7 Å².